The van der Waals surface area contributed by atoms with Crippen molar-refractivity contribution in [3.05, 3.63) is 83.9 Å². The second-order valence-corrected chi connectivity index (χ2v) is 11.5. The molecular weight excluding hydrogens is 502 g/mol. The summed E-state index contributed by atoms with van der Waals surface area (Å²) in [6, 6.07) is 21.3. The van der Waals surface area contributed by atoms with Gasteiger partial charge >= 0.3 is 0 Å². The van der Waals surface area contributed by atoms with Crippen molar-refractivity contribution in [2.45, 2.75) is 43.4 Å². The first-order chi connectivity index (χ1) is 18.4. The Labute approximate surface area is 224 Å². The molecule has 0 bridgehead atoms. The maximum atomic E-state index is 13.6. The number of ether oxygens (including phenoxy) is 2. The van der Waals surface area contributed by atoms with Gasteiger partial charge in [-0.3, -0.25) is 14.0 Å². The fraction of sp³-hybridized carbons (Fsp3) is 0.345. The Bertz CT molecular complexity index is 1350. The number of nitrogens with one attached hydrogen (secondary N) is 1. The third kappa shape index (κ3) is 5.79. The molecule has 0 radical (unpaired) electrons. The van der Waals surface area contributed by atoms with Crippen molar-refractivity contribution in [1.82, 2.24) is 10.2 Å². The van der Waals surface area contributed by atoms with Crippen molar-refractivity contribution in [3.63, 3.8) is 0 Å². The van der Waals surface area contributed by atoms with Crippen molar-refractivity contribution in [3.8, 4) is 11.5 Å². The number of hydrogen-bond donors (Lipinski definition) is 1. The summed E-state index contributed by atoms with van der Waals surface area (Å²) in [5.41, 5.74) is 2.63. The summed E-state index contributed by atoms with van der Waals surface area (Å²) in [5.74, 6) is 0.535. The smallest absolute Gasteiger partial charge is 0.264 e. The van der Waals surface area contributed by atoms with Gasteiger partial charge in [0.25, 0.3) is 15.9 Å². The molecule has 1 saturated heterocycles. The van der Waals surface area contributed by atoms with Crippen LogP contribution < -0.4 is 19.1 Å². The second kappa shape index (κ2) is 11.4. The van der Waals surface area contributed by atoms with E-state index in [1.807, 2.05) is 12.1 Å². The molecule has 3 aromatic carbocycles. The molecule has 0 spiro atoms. The highest BCUT2D eigenvalue weighted by atomic mass is 32.2. The van der Waals surface area contributed by atoms with E-state index in [4.69, 9.17) is 9.47 Å². The summed E-state index contributed by atoms with van der Waals surface area (Å²) in [7, 11) is -2.41. The number of methoxy groups -OCH3 is 1. The Kier molecular flexibility index (Phi) is 7.85. The number of sulfonamides is 1. The summed E-state index contributed by atoms with van der Waals surface area (Å²) in [6.45, 7) is 3.43. The summed E-state index contributed by atoms with van der Waals surface area (Å²) >= 11 is 0. The second-order valence-electron chi connectivity index (χ2n) is 9.66. The molecule has 0 unspecified atom stereocenters. The summed E-state index contributed by atoms with van der Waals surface area (Å²) in [6.07, 6.45) is 2.85. The van der Waals surface area contributed by atoms with Gasteiger partial charge in [0.05, 0.1) is 24.2 Å². The van der Waals surface area contributed by atoms with E-state index in [9.17, 15) is 13.2 Å². The highest BCUT2D eigenvalue weighted by Crippen LogP contribution is 2.37. The Morgan fingerprint density at radius 3 is 2.34 bits per heavy atom. The normalized spacial score (nSPS) is 17.8. The SMILES string of the molecule is COc1ccc(S(=O)(=O)N2C[C@H](C(=O)NCc3ccc(CN4CCCCC4)cc3)Oc3ccccc32)cc1. The lowest BCUT2D eigenvalue weighted by Crippen LogP contribution is -2.50. The highest BCUT2D eigenvalue weighted by molar-refractivity contribution is 7.92. The molecule has 9 heteroatoms. The molecule has 2 heterocycles. The van der Waals surface area contributed by atoms with Crippen LogP contribution in [0.4, 0.5) is 5.69 Å². The molecular formula is C29H33N3O5S. The summed E-state index contributed by atoms with van der Waals surface area (Å²) in [4.78, 5) is 15.7. The van der Waals surface area contributed by atoms with E-state index in [1.165, 1.54) is 48.4 Å². The number of fused-ring (bicyclic) bond motifs is 1. The predicted molar refractivity (Wildman–Crippen MR) is 146 cm³/mol. The molecule has 0 aliphatic carbocycles. The van der Waals surface area contributed by atoms with Crippen LogP contribution in [-0.4, -0.2) is 52.1 Å². The molecule has 5 rings (SSSR count). The van der Waals surface area contributed by atoms with Gasteiger partial charge in [0.15, 0.2) is 6.10 Å². The number of carbonyl (C=O) groups excluding carboxylic acids is 1. The van der Waals surface area contributed by atoms with Crippen LogP contribution in [0.3, 0.4) is 0 Å². The molecule has 1 amide bonds. The van der Waals surface area contributed by atoms with Crippen LogP contribution in [0.25, 0.3) is 0 Å². The van der Waals surface area contributed by atoms with Crippen molar-refractivity contribution in [2.24, 2.45) is 0 Å². The number of anilines is 1. The first-order valence-corrected chi connectivity index (χ1v) is 14.4. The minimum atomic E-state index is -3.94. The molecule has 2 aliphatic rings. The minimum Gasteiger partial charge on any atom is -0.497 e. The number of hydrogen-bond acceptors (Lipinski definition) is 6. The largest absolute Gasteiger partial charge is 0.497 e. The molecule has 0 saturated carbocycles. The zero-order chi connectivity index (χ0) is 26.5. The number of likely N-dealkylation sites (tertiary alicyclic amines) is 1. The zero-order valence-electron chi connectivity index (χ0n) is 21.5. The minimum absolute atomic E-state index is 0.110. The van der Waals surface area contributed by atoms with E-state index in [2.05, 4.69) is 22.3 Å². The Morgan fingerprint density at radius 2 is 1.63 bits per heavy atom. The number of benzene rings is 3. The van der Waals surface area contributed by atoms with Crippen molar-refractivity contribution >= 4 is 21.6 Å². The van der Waals surface area contributed by atoms with Gasteiger partial charge in [-0.1, -0.05) is 42.8 Å². The number of carbonyl (C=O) groups is 1. The van der Waals surface area contributed by atoms with Gasteiger partial charge < -0.3 is 14.8 Å². The van der Waals surface area contributed by atoms with Crippen molar-refractivity contribution < 1.29 is 22.7 Å². The number of para-hydroxylation sites is 2. The number of rotatable bonds is 8. The molecule has 38 heavy (non-hydrogen) atoms. The van der Waals surface area contributed by atoms with Gasteiger partial charge in [0, 0.05) is 13.1 Å². The highest BCUT2D eigenvalue weighted by Gasteiger charge is 2.37. The lowest BCUT2D eigenvalue weighted by atomic mass is 10.1. The average molecular weight is 536 g/mol. The van der Waals surface area contributed by atoms with Gasteiger partial charge in [-0.15, -0.1) is 0 Å². The van der Waals surface area contributed by atoms with Gasteiger partial charge in [-0.05, 0) is 73.5 Å². The van der Waals surface area contributed by atoms with Crippen molar-refractivity contribution in [1.29, 1.82) is 0 Å². The van der Waals surface area contributed by atoms with Gasteiger partial charge in [0.1, 0.15) is 11.5 Å². The Hall–Kier alpha value is -3.56. The number of nitrogens with zero attached hydrogens (tertiary/aromatic N) is 2. The Balaban J connectivity index is 1.26. The lowest BCUT2D eigenvalue weighted by molar-refractivity contribution is -0.127. The molecule has 2 aliphatic heterocycles. The molecule has 1 atom stereocenters. The van der Waals surface area contributed by atoms with Crippen LogP contribution in [0, 0.1) is 0 Å². The molecule has 8 nitrogen and oxygen atoms in total. The summed E-state index contributed by atoms with van der Waals surface area (Å²) in [5, 5.41) is 2.91. The maximum Gasteiger partial charge on any atom is 0.264 e. The molecule has 1 fully saturated rings. The molecule has 0 aromatic heterocycles. The zero-order valence-corrected chi connectivity index (χ0v) is 22.3. The topological polar surface area (TPSA) is 88.2 Å². The molecule has 200 valence electrons. The first kappa shape index (κ1) is 26.1. The fourth-order valence-corrected chi connectivity index (χ4v) is 6.36. The van der Waals surface area contributed by atoms with E-state index in [-0.39, 0.29) is 17.3 Å². The average Bonchev–Trinajstić information content (AvgIpc) is 2.96. The fourth-order valence-electron chi connectivity index (χ4n) is 4.88. The van der Waals surface area contributed by atoms with Crippen LogP contribution in [0.2, 0.25) is 0 Å². The monoisotopic (exact) mass is 535 g/mol. The Morgan fingerprint density at radius 1 is 0.947 bits per heavy atom. The van der Waals surface area contributed by atoms with Crippen LogP contribution >= 0.6 is 0 Å². The number of piperidine rings is 1. The standard InChI is InChI=1S/C29H33N3O5S/c1-36-24-13-15-25(16-14-24)38(34,35)32-21-28(37-27-8-4-3-7-26(27)32)29(33)30-19-22-9-11-23(12-10-22)20-31-17-5-2-6-18-31/h3-4,7-16,28H,2,5-6,17-21H2,1H3,(H,30,33)/t28-/m1/s1. The van der Waals surface area contributed by atoms with Crippen LogP contribution in [0.1, 0.15) is 30.4 Å². The quantitative estimate of drug-likeness (QED) is 0.470. The van der Waals surface area contributed by atoms with Crippen LogP contribution in [0.5, 0.6) is 11.5 Å². The maximum absolute atomic E-state index is 13.6. The predicted octanol–water partition coefficient (Wildman–Crippen LogP) is 3.95. The third-order valence-corrected chi connectivity index (χ3v) is 8.81. The first-order valence-electron chi connectivity index (χ1n) is 12.9. The van der Waals surface area contributed by atoms with E-state index in [1.54, 1.807) is 36.4 Å². The lowest BCUT2D eigenvalue weighted by Gasteiger charge is -2.34. The van der Waals surface area contributed by atoms with Crippen LogP contribution in [-0.2, 0) is 27.9 Å². The van der Waals surface area contributed by atoms with Gasteiger partial charge in [-0.2, -0.15) is 0 Å². The molecule has 1 N–H and O–H groups in total. The van der Waals surface area contributed by atoms with Crippen LogP contribution in [0.15, 0.2) is 77.7 Å². The number of amides is 1. The van der Waals surface area contributed by atoms with E-state index in [0.29, 0.717) is 23.7 Å². The summed E-state index contributed by atoms with van der Waals surface area (Å²) < 4.78 is 39.5. The van der Waals surface area contributed by atoms with Gasteiger partial charge in [-0.25, -0.2) is 8.42 Å². The van der Waals surface area contributed by atoms with Crippen molar-refractivity contribution in [2.75, 3.05) is 31.0 Å². The van der Waals surface area contributed by atoms with Gasteiger partial charge in [0.2, 0.25) is 0 Å². The van der Waals surface area contributed by atoms with E-state index in [0.717, 1.165) is 25.2 Å². The van der Waals surface area contributed by atoms with E-state index < -0.39 is 16.1 Å². The molecule has 3 aromatic rings. The third-order valence-electron chi connectivity index (χ3n) is 7.02. The van der Waals surface area contributed by atoms with E-state index >= 15 is 0 Å².